The molecule has 22 heavy (non-hydrogen) atoms. The Kier molecular flexibility index (Phi) is 8.26. The molecule has 1 heterocycles. The highest BCUT2D eigenvalue weighted by Gasteiger charge is 2.30. The molecule has 9 heteroatoms. The maximum Gasteiger partial charge on any atom is 0.321 e. The number of rotatable bonds is 9. The Morgan fingerprint density at radius 3 is 2.27 bits per heavy atom. The fourth-order valence-electron chi connectivity index (χ4n) is 2.28. The van der Waals surface area contributed by atoms with Crippen LogP contribution >= 0.6 is 0 Å². The standard InChI is InChI=1S/C13H27N3O5S/c1-4-15(5-2)22(18,19)16(12-13(17)20-3)7-6-14-8-10-21-11-9-14/h4-12H2,1-3H3. The highest BCUT2D eigenvalue weighted by atomic mass is 32.2. The van der Waals surface area contributed by atoms with E-state index in [4.69, 9.17) is 4.74 Å². The molecule has 0 aliphatic carbocycles. The summed E-state index contributed by atoms with van der Waals surface area (Å²) >= 11 is 0. The van der Waals surface area contributed by atoms with Gasteiger partial charge in [0, 0.05) is 39.3 Å². The van der Waals surface area contributed by atoms with Crippen molar-refractivity contribution in [3.8, 4) is 0 Å². The van der Waals surface area contributed by atoms with E-state index >= 15 is 0 Å². The van der Waals surface area contributed by atoms with Gasteiger partial charge in [-0.15, -0.1) is 0 Å². The quantitative estimate of drug-likeness (QED) is 0.522. The van der Waals surface area contributed by atoms with Crippen molar-refractivity contribution in [2.24, 2.45) is 0 Å². The molecule has 1 fully saturated rings. The lowest BCUT2D eigenvalue weighted by Crippen LogP contribution is -2.49. The maximum atomic E-state index is 12.6. The minimum atomic E-state index is -3.66. The second-order valence-electron chi connectivity index (χ2n) is 4.96. The van der Waals surface area contributed by atoms with Crippen LogP contribution in [-0.4, -0.2) is 94.0 Å². The first-order valence-electron chi connectivity index (χ1n) is 7.57. The minimum absolute atomic E-state index is 0.258. The largest absolute Gasteiger partial charge is 0.468 e. The van der Waals surface area contributed by atoms with Gasteiger partial charge >= 0.3 is 5.97 Å². The number of esters is 1. The van der Waals surface area contributed by atoms with Crippen molar-refractivity contribution in [2.75, 3.05) is 66.1 Å². The van der Waals surface area contributed by atoms with Crippen molar-refractivity contribution in [1.29, 1.82) is 0 Å². The molecular weight excluding hydrogens is 310 g/mol. The summed E-state index contributed by atoms with van der Waals surface area (Å²) in [6.07, 6.45) is 0. The molecule has 0 bridgehead atoms. The molecule has 130 valence electrons. The van der Waals surface area contributed by atoms with Crippen LogP contribution in [0, 0.1) is 0 Å². The highest BCUT2D eigenvalue weighted by Crippen LogP contribution is 2.09. The number of methoxy groups -OCH3 is 1. The third-order valence-electron chi connectivity index (χ3n) is 3.66. The Morgan fingerprint density at radius 2 is 1.77 bits per heavy atom. The van der Waals surface area contributed by atoms with Crippen LogP contribution in [0.25, 0.3) is 0 Å². The van der Waals surface area contributed by atoms with E-state index in [-0.39, 0.29) is 13.1 Å². The van der Waals surface area contributed by atoms with Crippen LogP contribution in [-0.2, 0) is 24.5 Å². The summed E-state index contributed by atoms with van der Waals surface area (Å²) in [6.45, 7) is 7.71. The zero-order valence-corrected chi connectivity index (χ0v) is 14.5. The second-order valence-corrected chi connectivity index (χ2v) is 6.88. The molecule has 0 spiro atoms. The summed E-state index contributed by atoms with van der Waals surface area (Å²) in [5.41, 5.74) is 0. The third-order valence-corrected chi connectivity index (χ3v) is 5.79. The molecule has 1 rings (SSSR count). The predicted molar refractivity (Wildman–Crippen MR) is 82.7 cm³/mol. The fourth-order valence-corrected chi connectivity index (χ4v) is 3.84. The molecule has 0 amide bonds. The van der Waals surface area contributed by atoms with E-state index in [2.05, 4.69) is 9.64 Å². The molecule has 0 atom stereocenters. The average molecular weight is 337 g/mol. The van der Waals surface area contributed by atoms with E-state index in [1.165, 1.54) is 15.7 Å². The van der Waals surface area contributed by atoms with E-state index in [0.717, 1.165) is 13.1 Å². The zero-order valence-electron chi connectivity index (χ0n) is 13.7. The molecule has 0 saturated carbocycles. The predicted octanol–water partition coefficient (Wildman–Crippen LogP) is -0.620. The Labute approximate surface area is 133 Å². The molecule has 0 aromatic heterocycles. The fraction of sp³-hybridized carbons (Fsp3) is 0.923. The number of hydrogen-bond acceptors (Lipinski definition) is 6. The van der Waals surface area contributed by atoms with Crippen LogP contribution in [0.2, 0.25) is 0 Å². The van der Waals surface area contributed by atoms with E-state index < -0.39 is 16.2 Å². The van der Waals surface area contributed by atoms with Gasteiger partial charge < -0.3 is 9.47 Å². The number of carbonyl (C=O) groups excluding carboxylic acids is 1. The van der Waals surface area contributed by atoms with Crippen LogP contribution in [0.5, 0.6) is 0 Å². The van der Waals surface area contributed by atoms with Crippen LogP contribution in [0.15, 0.2) is 0 Å². The van der Waals surface area contributed by atoms with Crippen molar-refractivity contribution in [1.82, 2.24) is 13.5 Å². The molecule has 0 aromatic rings. The van der Waals surface area contributed by atoms with Crippen LogP contribution in [0.1, 0.15) is 13.8 Å². The summed E-state index contributed by atoms with van der Waals surface area (Å²) in [4.78, 5) is 13.7. The van der Waals surface area contributed by atoms with Crippen LogP contribution in [0.3, 0.4) is 0 Å². The molecule has 0 unspecified atom stereocenters. The lowest BCUT2D eigenvalue weighted by molar-refractivity contribution is -0.140. The van der Waals surface area contributed by atoms with Crippen LogP contribution < -0.4 is 0 Å². The van der Waals surface area contributed by atoms with Gasteiger partial charge in [0.1, 0.15) is 6.54 Å². The van der Waals surface area contributed by atoms with E-state index in [9.17, 15) is 13.2 Å². The first kappa shape index (κ1) is 19.3. The van der Waals surface area contributed by atoms with Gasteiger partial charge in [0.2, 0.25) is 0 Å². The van der Waals surface area contributed by atoms with Gasteiger partial charge in [0.25, 0.3) is 10.2 Å². The Hall–Kier alpha value is -0.740. The maximum absolute atomic E-state index is 12.6. The smallest absolute Gasteiger partial charge is 0.321 e. The number of nitrogens with zero attached hydrogens (tertiary/aromatic N) is 3. The molecule has 1 aliphatic heterocycles. The number of hydrogen-bond donors (Lipinski definition) is 0. The van der Waals surface area contributed by atoms with E-state index in [1.54, 1.807) is 13.8 Å². The molecule has 1 saturated heterocycles. The van der Waals surface area contributed by atoms with Gasteiger partial charge in [-0.1, -0.05) is 13.8 Å². The minimum Gasteiger partial charge on any atom is -0.468 e. The van der Waals surface area contributed by atoms with Crippen molar-refractivity contribution in [2.45, 2.75) is 13.8 Å². The number of ether oxygens (including phenoxy) is 2. The van der Waals surface area contributed by atoms with Crippen molar-refractivity contribution in [3.63, 3.8) is 0 Å². The first-order valence-corrected chi connectivity index (χ1v) is 8.97. The Balaban J connectivity index is 2.75. The number of morpholine rings is 1. The second kappa shape index (κ2) is 9.41. The van der Waals surface area contributed by atoms with Crippen molar-refractivity contribution < 1.29 is 22.7 Å². The Morgan fingerprint density at radius 1 is 1.18 bits per heavy atom. The SMILES string of the molecule is CCN(CC)S(=O)(=O)N(CCN1CCOCC1)CC(=O)OC. The van der Waals surface area contributed by atoms with Gasteiger partial charge in [-0.05, 0) is 0 Å². The summed E-state index contributed by atoms with van der Waals surface area (Å²) < 4.78 is 37.7. The van der Waals surface area contributed by atoms with Gasteiger partial charge in [-0.3, -0.25) is 9.69 Å². The van der Waals surface area contributed by atoms with Crippen molar-refractivity contribution in [3.05, 3.63) is 0 Å². The first-order chi connectivity index (χ1) is 10.5. The summed E-state index contributed by atoms with van der Waals surface area (Å²) in [7, 11) is -2.40. The zero-order chi connectivity index (χ0) is 16.6. The molecule has 0 radical (unpaired) electrons. The topological polar surface area (TPSA) is 79.4 Å². The Bertz CT molecular complexity index is 433. The highest BCUT2D eigenvalue weighted by molar-refractivity contribution is 7.86. The average Bonchev–Trinajstić information content (AvgIpc) is 2.52. The van der Waals surface area contributed by atoms with Crippen molar-refractivity contribution >= 4 is 16.2 Å². The summed E-state index contributed by atoms with van der Waals surface area (Å²) in [5, 5.41) is 0. The van der Waals surface area contributed by atoms with E-state index in [0.29, 0.717) is 32.8 Å². The van der Waals surface area contributed by atoms with Gasteiger partial charge in [-0.2, -0.15) is 17.0 Å². The molecular formula is C13H27N3O5S. The van der Waals surface area contributed by atoms with Gasteiger partial charge in [-0.25, -0.2) is 0 Å². The van der Waals surface area contributed by atoms with Gasteiger partial charge in [0.05, 0.1) is 20.3 Å². The third kappa shape index (κ3) is 5.47. The molecule has 8 nitrogen and oxygen atoms in total. The molecule has 0 N–H and O–H groups in total. The van der Waals surface area contributed by atoms with Crippen LogP contribution in [0.4, 0.5) is 0 Å². The summed E-state index contributed by atoms with van der Waals surface area (Å²) in [5.74, 6) is -0.558. The summed E-state index contributed by atoms with van der Waals surface area (Å²) in [6, 6.07) is 0. The lowest BCUT2D eigenvalue weighted by Gasteiger charge is -2.31. The van der Waals surface area contributed by atoms with Gasteiger partial charge in [0.15, 0.2) is 0 Å². The number of carbonyl (C=O) groups is 1. The lowest BCUT2D eigenvalue weighted by atomic mass is 10.4. The van der Waals surface area contributed by atoms with E-state index in [1.807, 2.05) is 0 Å². The monoisotopic (exact) mass is 337 g/mol. The molecule has 1 aliphatic rings. The molecule has 0 aromatic carbocycles. The normalized spacial score (nSPS) is 17.1.